The predicted molar refractivity (Wildman–Crippen MR) is 90.4 cm³/mol. The quantitative estimate of drug-likeness (QED) is 0.780. The maximum Gasteiger partial charge on any atom is 0.246 e. The third kappa shape index (κ3) is 3.71. The second-order valence-corrected chi connectivity index (χ2v) is 6.27. The van der Waals surface area contributed by atoms with Crippen molar-refractivity contribution in [1.82, 2.24) is 10.3 Å². The fourth-order valence-corrected chi connectivity index (χ4v) is 2.36. The summed E-state index contributed by atoms with van der Waals surface area (Å²) in [7, 11) is 0. The highest BCUT2D eigenvalue weighted by Crippen LogP contribution is 2.33. The third-order valence-corrected chi connectivity index (χ3v) is 3.72. The number of rotatable bonds is 5. The van der Waals surface area contributed by atoms with Crippen LogP contribution in [0.25, 0.3) is 10.9 Å². The van der Waals surface area contributed by atoms with Crippen LogP contribution in [0.5, 0.6) is 5.75 Å². The van der Waals surface area contributed by atoms with E-state index in [1.165, 1.54) is 0 Å². The molecule has 1 heterocycles. The van der Waals surface area contributed by atoms with E-state index in [0.29, 0.717) is 11.4 Å². The van der Waals surface area contributed by atoms with Gasteiger partial charge in [0.25, 0.3) is 0 Å². The minimum atomic E-state index is -0.621. The minimum Gasteiger partial charge on any atom is -0.490 e. The number of nitrogens with two attached hydrogens (primary N) is 1. The summed E-state index contributed by atoms with van der Waals surface area (Å²) in [5, 5.41) is 12.3. The van der Waals surface area contributed by atoms with Gasteiger partial charge in [0.15, 0.2) is 0 Å². The Balaban J connectivity index is 2.31. The summed E-state index contributed by atoms with van der Waals surface area (Å²) in [5.74, 6) is 0.186. The molecule has 6 nitrogen and oxygen atoms in total. The van der Waals surface area contributed by atoms with Crippen molar-refractivity contribution >= 4 is 22.5 Å². The summed E-state index contributed by atoms with van der Waals surface area (Å²) in [6, 6.07) is 5.58. The van der Waals surface area contributed by atoms with Crippen LogP contribution < -0.4 is 15.8 Å². The van der Waals surface area contributed by atoms with Crippen LogP contribution in [0.2, 0.25) is 0 Å². The van der Waals surface area contributed by atoms with Crippen molar-refractivity contribution in [2.45, 2.75) is 33.2 Å². The Bertz CT molecular complexity index is 741. The number of benzene rings is 1. The number of fused-ring (bicyclic) bond motifs is 1. The van der Waals surface area contributed by atoms with Gasteiger partial charge in [-0.3, -0.25) is 9.78 Å². The number of aryl methyl sites for hydroxylation is 1. The van der Waals surface area contributed by atoms with E-state index >= 15 is 0 Å². The van der Waals surface area contributed by atoms with Crippen molar-refractivity contribution in [1.29, 1.82) is 0 Å². The molecule has 0 fully saturated rings. The number of hydrogen-bond donors (Lipinski definition) is 3. The number of amides is 1. The van der Waals surface area contributed by atoms with Gasteiger partial charge in [-0.15, -0.1) is 0 Å². The number of aliphatic hydroxyl groups is 1. The average molecular weight is 317 g/mol. The maximum atomic E-state index is 11.3. The Hall–Kier alpha value is -2.34. The van der Waals surface area contributed by atoms with Crippen LogP contribution in [0.1, 0.15) is 25.1 Å². The minimum absolute atomic E-state index is 0.240. The third-order valence-electron chi connectivity index (χ3n) is 3.72. The summed E-state index contributed by atoms with van der Waals surface area (Å²) < 4.78 is 5.89. The number of ether oxygens (including phenoxy) is 1. The molecule has 1 aromatic heterocycles. The molecule has 1 amide bonds. The van der Waals surface area contributed by atoms with Gasteiger partial charge in [-0.1, -0.05) is 6.07 Å². The molecule has 124 valence electrons. The van der Waals surface area contributed by atoms with Gasteiger partial charge < -0.3 is 20.9 Å². The van der Waals surface area contributed by atoms with Crippen molar-refractivity contribution in [3.8, 4) is 5.75 Å². The topological polar surface area (TPSA) is 97.5 Å². The van der Waals surface area contributed by atoms with Gasteiger partial charge in [0.2, 0.25) is 5.91 Å². The summed E-state index contributed by atoms with van der Waals surface area (Å²) in [6.07, 6.45) is 0. The number of hydrogen-bond acceptors (Lipinski definition) is 5. The smallest absolute Gasteiger partial charge is 0.246 e. The predicted octanol–water partition coefficient (Wildman–Crippen LogP) is 1.70. The Morgan fingerprint density at radius 2 is 2.09 bits per heavy atom. The molecule has 4 N–H and O–H groups in total. The Labute approximate surface area is 135 Å². The van der Waals surface area contributed by atoms with E-state index in [1.807, 2.05) is 45.9 Å². The average Bonchev–Trinajstić information content (AvgIpc) is 2.50. The number of carbonyl (C=O) groups excluding carboxylic acids is 1. The lowest BCUT2D eigenvalue weighted by Crippen LogP contribution is -2.48. The highest BCUT2D eigenvalue weighted by atomic mass is 16.5. The number of aliphatic hydroxyl groups excluding tert-OH is 1. The number of carbonyl (C=O) groups is 1. The van der Waals surface area contributed by atoms with E-state index in [9.17, 15) is 4.79 Å². The normalized spacial score (nSPS) is 11.5. The number of nitrogens with zero attached hydrogens (tertiary/aromatic N) is 1. The van der Waals surface area contributed by atoms with Gasteiger partial charge in [-0.25, -0.2) is 0 Å². The fraction of sp³-hybridized carbons (Fsp3) is 0.412. The van der Waals surface area contributed by atoms with Crippen LogP contribution in [0, 0.1) is 13.8 Å². The first-order valence-corrected chi connectivity index (χ1v) is 7.45. The van der Waals surface area contributed by atoms with Gasteiger partial charge in [-0.05, 0) is 45.4 Å². The van der Waals surface area contributed by atoms with E-state index in [0.717, 1.165) is 22.2 Å². The van der Waals surface area contributed by atoms with E-state index in [1.54, 1.807) is 0 Å². The second-order valence-electron chi connectivity index (χ2n) is 6.27. The lowest BCUT2D eigenvalue weighted by Gasteiger charge is -2.26. The van der Waals surface area contributed by atoms with Gasteiger partial charge in [-0.2, -0.15) is 0 Å². The first kappa shape index (κ1) is 17.0. The molecule has 0 bridgehead atoms. The lowest BCUT2D eigenvalue weighted by atomic mass is 10.1. The van der Waals surface area contributed by atoms with Crippen molar-refractivity contribution < 1.29 is 14.6 Å². The van der Waals surface area contributed by atoms with E-state index in [2.05, 4.69) is 10.3 Å². The lowest BCUT2D eigenvalue weighted by molar-refractivity contribution is -0.125. The van der Waals surface area contributed by atoms with Crippen molar-refractivity contribution in [2.24, 2.45) is 0 Å². The molecule has 0 aliphatic rings. The van der Waals surface area contributed by atoms with Gasteiger partial charge in [0.1, 0.15) is 19.0 Å². The van der Waals surface area contributed by atoms with Gasteiger partial charge in [0, 0.05) is 11.4 Å². The highest BCUT2D eigenvalue weighted by molar-refractivity contribution is 5.97. The summed E-state index contributed by atoms with van der Waals surface area (Å²) in [4.78, 5) is 15.9. The molecule has 2 rings (SSSR count). The fourth-order valence-electron chi connectivity index (χ4n) is 2.36. The molecule has 0 unspecified atom stereocenters. The molecule has 0 saturated heterocycles. The van der Waals surface area contributed by atoms with Gasteiger partial charge in [0.05, 0.1) is 16.4 Å². The number of anilines is 1. The molecule has 1 aromatic carbocycles. The molecular weight excluding hydrogens is 294 g/mol. The number of aromatic nitrogens is 1. The van der Waals surface area contributed by atoms with Crippen molar-refractivity contribution in [3.63, 3.8) is 0 Å². The summed E-state index contributed by atoms with van der Waals surface area (Å²) in [6.45, 7) is 7.19. The van der Waals surface area contributed by atoms with Gasteiger partial charge >= 0.3 is 0 Å². The highest BCUT2D eigenvalue weighted by Gasteiger charge is 2.22. The number of nitrogens with one attached hydrogen (secondary N) is 1. The summed E-state index contributed by atoms with van der Waals surface area (Å²) in [5.41, 5.74) is 8.87. The first-order valence-electron chi connectivity index (χ1n) is 7.45. The van der Waals surface area contributed by atoms with Crippen LogP contribution in [0.4, 0.5) is 5.69 Å². The van der Waals surface area contributed by atoms with Crippen LogP contribution in [0.15, 0.2) is 18.2 Å². The molecule has 0 saturated carbocycles. The molecule has 0 aliphatic carbocycles. The Kier molecular flexibility index (Phi) is 4.75. The van der Waals surface area contributed by atoms with Crippen LogP contribution in [-0.4, -0.2) is 34.8 Å². The second kappa shape index (κ2) is 6.42. The van der Waals surface area contributed by atoms with Crippen molar-refractivity contribution in [2.75, 3.05) is 18.9 Å². The van der Waals surface area contributed by atoms with Crippen LogP contribution in [-0.2, 0) is 4.79 Å². The monoisotopic (exact) mass is 317 g/mol. The molecule has 0 aliphatic heterocycles. The van der Waals surface area contributed by atoms with Crippen molar-refractivity contribution in [3.05, 3.63) is 29.5 Å². The molecule has 6 heteroatoms. The van der Waals surface area contributed by atoms with E-state index in [-0.39, 0.29) is 6.61 Å². The molecule has 2 aromatic rings. The zero-order valence-corrected chi connectivity index (χ0v) is 13.9. The number of pyridine rings is 1. The standard InChI is InChI=1S/C17H23N3O3/c1-10-11(2)19-12-6-5-7-13(15(12)16(10)18)23-9-17(3,4)20-14(22)8-21/h5-7,21H,8-9H2,1-4H3,(H2,18,19)(H,20,22). The zero-order valence-electron chi connectivity index (χ0n) is 13.9. The SMILES string of the molecule is Cc1nc2cccc(OCC(C)(C)NC(=O)CO)c2c(N)c1C. The molecule has 0 atom stereocenters. The molecular formula is C17H23N3O3. The van der Waals surface area contributed by atoms with Crippen LogP contribution in [0.3, 0.4) is 0 Å². The first-order chi connectivity index (χ1) is 10.7. The number of nitrogen functional groups attached to an aromatic ring is 1. The zero-order chi connectivity index (χ0) is 17.2. The molecule has 0 spiro atoms. The molecule has 0 radical (unpaired) electrons. The molecule has 23 heavy (non-hydrogen) atoms. The van der Waals surface area contributed by atoms with E-state index < -0.39 is 18.1 Å². The summed E-state index contributed by atoms with van der Waals surface area (Å²) >= 11 is 0. The largest absolute Gasteiger partial charge is 0.490 e. The van der Waals surface area contributed by atoms with E-state index in [4.69, 9.17) is 15.6 Å². The Morgan fingerprint density at radius 1 is 1.39 bits per heavy atom. The Morgan fingerprint density at radius 3 is 2.74 bits per heavy atom. The maximum absolute atomic E-state index is 11.3. The van der Waals surface area contributed by atoms with Crippen LogP contribution >= 0.6 is 0 Å².